The number of aliphatic hydroxyl groups is 21. The van der Waals surface area contributed by atoms with Crippen molar-refractivity contribution in [3.8, 4) is 0 Å². The molecule has 0 spiro atoms. The molecule has 10 unspecified atom stereocenters. The molecule has 21 heterocycles. The van der Waals surface area contributed by atoms with Crippen LogP contribution in [0.2, 0.25) is 0 Å². The molecule has 77 heavy (non-hydrogen) atoms. The maximum absolute atomic E-state index is 11.3. The lowest BCUT2D eigenvalue weighted by Crippen LogP contribution is -2.68. The first-order valence-corrected chi connectivity index (χ1v) is 24.6. The highest BCUT2D eigenvalue weighted by atomic mass is 16.8. The van der Waals surface area contributed by atoms with E-state index in [2.05, 4.69) is 0 Å². The van der Waals surface area contributed by atoms with E-state index in [0.717, 1.165) is 0 Å². The van der Waals surface area contributed by atoms with Gasteiger partial charge in [0.25, 0.3) is 0 Å². The SMILES string of the molecule is OC[C@H]1OC2OC3[C@@H](CO)OC(O[C@H]4[C@H](O)[C@@H](O)C(OC5[C@@H](CO)OC(O[C@H]6[C@H](O)[C@@H](O)C(O[C@H]7[C@H](O)[C@@H](O)C(O[C@H]8[C@H](O)[C@@H](O)C(OC1[C@H](O)[C@H]2O)O[C@@H]8CO)O[C@@H]7CO)O[C@@H]6CO)[C@H](O)[C@H]5O)O[C@@H]4CO)[C@H](O)[C@H]3O. The number of hydrogen-bond acceptors (Lipinski definition) is 35. The molecular formula is C42H70O35. The summed E-state index contributed by atoms with van der Waals surface area (Å²) < 4.78 is 79.5. The zero-order valence-electron chi connectivity index (χ0n) is 40.3. The van der Waals surface area contributed by atoms with E-state index in [0.29, 0.717) is 0 Å². The normalized spacial score (nSPS) is 55.4. The zero-order chi connectivity index (χ0) is 56.1. The number of ether oxygens (including phenoxy) is 14. The molecule has 0 saturated carbocycles. The first kappa shape index (κ1) is 61.7. The third-order valence-corrected chi connectivity index (χ3v) is 14.8. The Morgan fingerprint density at radius 3 is 0.351 bits per heavy atom. The van der Waals surface area contributed by atoms with Crippen molar-refractivity contribution in [2.24, 2.45) is 0 Å². The maximum atomic E-state index is 11.3. The largest absolute Gasteiger partial charge is 0.394 e. The molecule has 0 aromatic rings. The second-order valence-electron chi connectivity index (χ2n) is 19.7. The Morgan fingerprint density at radius 2 is 0.260 bits per heavy atom. The Hall–Kier alpha value is -1.40. The minimum atomic E-state index is -2.21. The molecule has 21 aliphatic heterocycles. The van der Waals surface area contributed by atoms with E-state index in [1.54, 1.807) is 0 Å². The van der Waals surface area contributed by atoms with Crippen molar-refractivity contribution in [1.29, 1.82) is 0 Å². The predicted molar refractivity (Wildman–Crippen MR) is 228 cm³/mol. The molecular weight excluding hydrogens is 1060 g/mol. The summed E-state index contributed by atoms with van der Waals surface area (Å²) in [6, 6.07) is 0. The molecule has 21 rings (SSSR count). The van der Waals surface area contributed by atoms with Crippen molar-refractivity contribution in [3.05, 3.63) is 0 Å². The highest BCUT2D eigenvalue weighted by Crippen LogP contribution is 2.39. The lowest BCUT2D eigenvalue weighted by molar-refractivity contribution is -0.396. The summed E-state index contributed by atoms with van der Waals surface area (Å²) in [5, 5.41) is 230. The van der Waals surface area contributed by atoms with E-state index < -0.39 is 261 Å². The van der Waals surface area contributed by atoms with Crippen LogP contribution >= 0.6 is 0 Å². The van der Waals surface area contributed by atoms with Gasteiger partial charge in [-0.2, -0.15) is 0 Å². The molecule has 21 fully saturated rings. The third kappa shape index (κ3) is 12.1. The minimum absolute atomic E-state index is 1.05. The van der Waals surface area contributed by atoms with Crippen LogP contribution in [0.15, 0.2) is 0 Å². The lowest BCUT2D eigenvalue weighted by atomic mass is 9.95. The highest BCUT2D eigenvalue weighted by Gasteiger charge is 2.59. The molecule has 21 aliphatic rings. The molecule has 0 amide bonds. The van der Waals surface area contributed by atoms with Crippen molar-refractivity contribution in [3.63, 3.8) is 0 Å². The summed E-state index contributed by atoms with van der Waals surface area (Å²) in [6.07, 6.45) is -70.2. The topological polar surface area (TPSA) is 554 Å². The summed E-state index contributed by atoms with van der Waals surface area (Å²) in [6.45, 7) is -7.33. The van der Waals surface area contributed by atoms with Gasteiger partial charge in [-0.15, -0.1) is 0 Å². The lowest BCUT2D eigenvalue weighted by Gasteiger charge is -2.50. The molecule has 35 atom stereocenters. The predicted octanol–water partition coefficient (Wildman–Crippen LogP) is -15.2. The van der Waals surface area contributed by atoms with Crippen molar-refractivity contribution >= 4 is 0 Å². The summed E-state index contributed by atoms with van der Waals surface area (Å²) >= 11 is 0. The molecule has 448 valence electrons. The molecule has 0 aromatic heterocycles. The first-order valence-electron chi connectivity index (χ1n) is 24.6. The summed E-state index contributed by atoms with van der Waals surface area (Å²) in [5.41, 5.74) is 0. The molecule has 0 aliphatic carbocycles. The Bertz CT molecular complexity index is 1470. The van der Waals surface area contributed by atoms with Gasteiger partial charge < -0.3 is 174 Å². The van der Waals surface area contributed by atoms with Crippen molar-refractivity contribution in [1.82, 2.24) is 0 Å². The Balaban J connectivity index is 1.08. The van der Waals surface area contributed by atoms with Gasteiger partial charge in [-0.05, 0) is 0 Å². The fraction of sp³-hybridized carbons (Fsp3) is 1.00. The van der Waals surface area contributed by atoms with E-state index in [4.69, 9.17) is 66.3 Å². The molecule has 35 heteroatoms. The van der Waals surface area contributed by atoms with E-state index in [1.165, 1.54) is 0 Å². The monoisotopic (exact) mass is 1130 g/mol. The highest BCUT2D eigenvalue weighted by molar-refractivity contribution is 5.01. The fourth-order valence-electron chi connectivity index (χ4n) is 10.4. The second kappa shape index (κ2) is 26.0. The molecule has 14 bridgehead atoms. The van der Waals surface area contributed by atoms with Crippen LogP contribution in [-0.2, 0) is 66.3 Å². The van der Waals surface area contributed by atoms with Crippen molar-refractivity contribution in [2.45, 2.75) is 215 Å². The van der Waals surface area contributed by atoms with Crippen LogP contribution in [-0.4, -0.2) is 368 Å². The van der Waals surface area contributed by atoms with Crippen LogP contribution in [0.4, 0.5) is 0 Å². The first-order chi connectivity index (χ1) is 36.7. The maximum Gasteiger partial charge on any atom is 0.187 e. The third-order valence-electron chi connectivity index (χ3n) is 14.8. The van der Waals surface area contributed by atoms with Gasteiger partial charge in [-0.1, -0.05) is 0 Å². The van der Waals surface area contributed by atoms with Crippen LogP contribution in [0, 0.1) is 0 Å². The molecule has 21 saturated heterocycles. The van der Waals surface area contributed by atoms with E-state index >= 15 is 0 Å². The van der Waals surface area contributed by atoms with Gasteiger partial charge in [0, 0.05) is 0 Å². The second-order valence-corrected chi connectivity index (χ2v) is 19.7. The average molecular weight is 1130 g/mol. The van der Waals surface area contributed by atoms with Crippen LogP contribution in [0.1, 0.15) is 0 Å². The van der Waals surface area contributed by atoms with E-state index in [1.807, 2.05) is 0 Å². The van der Waals surface area contributed by atoms with E-state index in [9.17, 15) is 107 Å². The standard InChI is InChI=1S/C42H70O35/c43-1-8-29-15(50)22(57)36(64-8)72-30-9(2-44)66-38(24(59)17(30)52)74-32-11(4-46)68-40(26(61)19(32)54)76-34-13(6-48)70-42(28(63)21(34)56)77-35-14(7-49)69-41(27(62)20(35)55)75-33-12(5-47)67-39(25(60)18(33)53)73-31-10(3-45)65-37(71-29)23(58)16(31)51/h8-63H,1-7H2/t8-,9-,10-,11-,12-,13-,14-,15-,16-,17-,18-,19-,20-,21-,22-,23-,24-,25-,26-,27-,28-,29-,30-,31-,32?,33?,34?,35-,36?,37?,38?,39?,40?,41?,42?/m1/s1. The quantitative estimate of drug-likeness (QED) is 0.113. The fourth-order valence-corrected chi connectivity index (χ4v) is 10.4. The summed E-state index contributed by atoms with van der Waals surface area (Å²) in [5.74, 6) is 0. The summed E-state index contributed by atoms with van der Waals surface area (Å²) in [4.78, 5) is 0. The van der Waals surface area contributed by atoms with Crippen LogP contribution < -0.4 is 0 Å². The van der Waals surface area contributed by atoms with Crippen LogP contribution in [0.5, 0.6) is 0 Å². The molecule has 21 N–H and O–H groups in total. The zero-order valence-corrected chi connectivity index (χ0v) is 40.3. The molecule has 0 aromatic carbocycles. The van der Waals surface area contributed by atoms with Crippen molar-refractivity contribution in [2.75, 3.05) is 46.2 Å². The van der Waals surface area contributed by atoms with Gasteiger partial charge >= 0.3 is 0 Å². The Morgan fingerprint density at radius 1 is 0.156 bits per heavy atom. The van der Waals surface area contributed by atoms with Gasteiger partial charge in [0.2, 0.25) is 0 Å². The van der Waals surface area contributed by atoms with Crippen molar-refractivity contribution < 1.29 is 174 Å². The average Bonchev–Trinajstić information content (AvgIpc) is 3.44. The molecule has 0 radical (unpaired) electrons. The van der Waals surface area contributed by atoms with Gasteiger partial charge in [0.15, 0.2) is 44.0 Å². The van der Waals surface area contributed by atoms with Crippen LogP contribution in [0.3, 0.4) is 0 Å². The summed E-state index contributed by atoms with van der Waals surface area (Å²) in [7, 11) is 0. The Labute approximate surface area is 434 Å². The van der Waals surface area contributed by atoms with Crippen LogP contribution in [0.25, 0.3) is 0 Å². The van der Waals surface area contributed by atoms with Gasteiger partial charge in [0.05, 0.1) is 46.2 Å². The van der Waals surface area contributed by atoms with Gasteiger partial charge in [0.1, 0.15) is 171 Å². The smallest absolute Gasteiger partial charge is 0.187 e. The van der Waals surface area contributed by atoms with Gasteiger partial charge in [-0.3, -0.25) is 0 Å². The number of rotatable bonds is 7. The van der Waals surface area contributed by atoms with Gasteiger partial charge in [-0.25, -0.2) is 0 Å². The Kier molecular flexibility index (Phi) is 20.8. The minimum Gasteiger partial charge on any atom is -0.394 e. The molecule has 35 nitrogen and oxygen atoms in total. The number of aliphatic hydroxyl groups excluding tert-OH is 21. The number of hydrogen-bond donors (Lipinski definition) is 21. The van der Waals surface area contributed by atoms with E-state index in [-0.39, 0.29) is 0 Å².